The van der Waals surface area contributed by atoms with Gasteiger partial charge in [0.15, 0.2) is 0 Å². The van der Waals surface area contributed by atoms with Crippen molar-refractivity contribution in [2.24, 2.45) is 0 Å². The van der Waals surface area contributed by atoms with Crippen LogP contribution < -0.4 is 4.74 Å². The Labute approximate surface area is 66.4 Å². The van der Waals surface area contributed by atoms with Crippen LogP contribution in [0.3, 0.4) is 0 Å². The van der Waals surface area contributed by atoms with Gasteiger partial charge in [-0.3, -0.25) is 0 Å². The fraction of sp³-hybridized carbons (Fsp3) is 0.333. The molecule has 11 heavy (non-hydrogen) atoms. The standard InChI is InChI=1S/C9H12O2/c1-2-11-9-5-3-8(7-10)4-6-9/h3-6,10H,2,7H2,1H3. The summed E-state index contributed by atoms with van der Waals surface area (Å²) in [5.74, 6) is 0.852. The summed E-state index contributed by atoms with van der Waals surface area (Å²) in [6, 6.07) is 7.42. The molecule has 0 aliphatic rings. The lowest BCUT2D eigenvalue weighted by Crippen LogP contribution is -1.91. The van der Waals surface area contributed by atoms with Crippen molar-refractivity contribution in [3.05, 3.63) is 29.8 Å². The van der Waals surface area contributed by atoms with Crippen LogP contribution in [0, 0.1) is 0 Å². The van der Waals surface area contributed by atoms with Crippen LogP contribution in [0.1, 0.15) is 12.5 Å². The Bertz CT molecular complexity index is 203. The van der Waals surface area contributed by atoms with E-state index in [1.807, 2.05) is 31.2 Å². The third-order valence-electron chi connectivity index (χ3n) is 1.42. The van der Waals surface area contributed by atoms with E-state index in [2.05, 4.69) is 0 Å². The number of benzene rings is 1. The van der Waals surface area contributed by atoms with Gasteiger partial charge in [-0.2, -0.15) is 0 Å². The Hall–Kier alpha value is -1.02. The van der Waals surface area contributed by atoms with Crippen molar-refractivity contribution < 1.29 is 9.84 Å². The maximum Gasteiger partial charge on any atom is 0.119 e. The molecule has 1 rings (SSSR count). The number of ether oxygens (including phenoxy) is 1. The van der Waals surface area contributed by atoms with Crippen molar-refractivity contribution in [1.29, 1.82) is 0 Å². The third-order valence-corrected chi connectivity index (χ3v) is 1.42. The molecule has 0 aliphatic carbocycles. The Kier molecular flexibility index (Phi) is 2.93. The number of hydrogen-bond acceptors (Lipinski definition) is 2. The van der Waals surface area contributed by atoms with Gasteiger partial charge in [0, 0.05) is 0 Å². The predicted octanol–water partition coefficient (Wildman–Crippen LogP) is 1.58. The fourth-order valence-electron chi connectivity index (χ4n) is 0.858. The molecule has 0 heterocycles. The first-order valence-electron chi connectivity index (χ1n) is 3.69. The van der Waals surface area contributed by atoms with Crippen LogP contribution in [0.2, 0.25) is 0 Å². The molecule has 0 amide bonds. The molecule has 60 valence electrons. The van der Waals surface area contributed by atoms with E-state index >= 15 is 0 Å². The van der Waals surface area contributed by atoms with E-state index in [0.29, 0.717) is 6.61 Å². The molecular formula is C9H12O2. The summed E-state index contributed by atoms with van der Waals surface area (Å²) in [4.78, 5) is 0. The maximum atomic E-state index is 8.72. The average Bonchev–Trinajstić information content (AvgIpc) is 2.07. The zero-order chi connectivity index (χ0) is 8.10. The molecule has 0 aromatic heterocycles. The summed E-state index contributed by atoms with van der Waals surface area (Å²) in [6.07, 6.45) is 0. The SMILES string of the molecule is CCOc1ccc(CO)cc1. The van der Waals surface area contributed by atoms with Gasteiger partial charge in [0.05, 0.1) is 13.2 Å². The minimum absolute atomic E-state index is 0.0897. The molecule has 0 saturated heterocycles. The van der Waals surface area contributed by atoms with Crippen LogP contribution in [0.5, 0.6) is 5.75 Å². The van der Waals surface area contributed by atoms with Gasteiger partial charge in [-0.05, 0) is 24.6 Å². The maximum absolute atomic E-state index is 8.72. The van der Waals surface area contributed by atoms with Gasteiger partial charge in [0.25, 0.3) is 0 Å². The quantitative estimate of drug-likeness (QED) is 0.712. The summed E-state index contributed by atoms with van der Waals surface area (Å²) >= 11 is 0. The van der Waals surface area contributed by atoms with Gasteiger partial charge in [-0.25, -0.2) is 0 Å². The fourth-order valence-corrected chi connectivity index (χ4v) is 0.858. The second kappa shape index (κ2) is 3.98. The highest BCUT2D eigenvalue weighted by molar-refractivity contribution is 5.26. The number of aliphatic hydroxyl groups excluding tert-OH is 1. The molecule has 0 unspecified atom stereocenters. The zero-order valence-corrected chi connectivity index (χ0v) is 6.58. The van der Waals surface area contributed by atoms with Crippen LogP contribution in [-0.4, -0.2) is 11.7 Å². The molecular weight excluding hydrogens is 140 g/mol. The molecule has 0 spiro atoms. The largest absolute Gasteiger partial charge is 0.494 e. The highest BCUT2D eigenvalue weighted by Crippen LogP contribution is 2.11. The lowest BCUT2D eigenvalue weighted by atomic mass is 10.2. The van der Waals surface area contributed by atoms with Crippen LogP contribution in [0.25, 0.3) is 0 Å². The molecule has 0 aliphatic heterocycles. The van der Waals surface area contributed by atoms with E-state index in [9.17, 15) is 0 Å². The predicted molar refractivity (Wildman–Crippen MR) is 43.5 cm³/mol. The molecule has 1 aromatic rings. The molecule has 1 aromatic carbocycles. The Morgan fingerprint density at radius 1 is 1.27 bits per heavy atom. The first kappa shape index (κ1) is 8.08. The Morgan fingerprint density at radius 3 is 2.36 bits per heavy atom. The number of aliphatic hydroxyl groups is 1. The highest BCUT2D eigenvalue weighted by Gasteiger charge is 1.91. The van der Waals surface area contributed by atoms with Gasteiger partial charge >= 0.3 is 0 Å². The second-order valence-electron chi connectivity index (χ2n) is 2.24. The van der Waals surface area contributed by atoms with Crippen LogP contribution in [-0.2, 0) is 6.61 Å². The van der Waals surface area contributed by atoms with Crippen LogP contribution in [0.15, 0.2) is 24.3 Å². The van der Waals surface area contributed by atoms with E-state index in [-0.39, 0.29) is 6.61 Å². The average molecular weight is 152 g/mol. The molecule has 1 N–H and O–H groups in total. The Morgan fingerprint density at radius 2 is 1.91 bits per heavy atom. The van der Waals surface area contributed by atoms with E-state index in [1.54, 1.807) is 0 Å². The molecule has 0 radical (unpaired) electrons. The lowest BCUT2D eigenvalue weighted by Gasteiger charge is -2.02. The first-order valence-corrected chi connectivity index (χ1v) is 3.69. The van der Waals surface area contributed by atoms with Crippen molar-refractivity contribution in [2.45, 2.75) is 13.5 Å². The second-order valence-corrected chi connectivity index (χ2v) is 2.24. The number of rotatable bonds is 3. The minimum Gasteiger partial charge on any atom is -0.494 e. The smallest absolute Gasteiger partial charge is 0.119 e. The van der Waals surface area contributed by atoms with E-state index < -0.39 is 0 Å². The highest BCUT2D eigenvalue weighted by atomic mass is 16.5. The summed E-state index contributed by atoms with van der Waals surface area (Å²) in [6.45, 7) is 2.71. The van der Waals surface area contributed by atoms with Crippen molar-refractivity contribution in [3.63, 3.8) is 0 Å². The lowest BCUT2D eigenvalue weighted by molar-refractivity contribution is 0.281. The topological polar surface area (TPSA) is 29.5 Å². The summed E-state index contributed by atoms with van der Waals surface area (Å²) in [7, 11) is 0. The van der Waals surface area contributed by atoms with Crippen molar-refractivity contribution in [1.82, 2.24) is 0 Å². The van der Waals surface area contributed by atoms with Gasteiger partial charge in [0.2, 0.25) is 0 Å². The van der Waals surface area contributed by atoms with Gasteiger partial charge < -0.3 is 9.84 Å². The van der Waals surface area contributed by atoms with E-state index in [4.69, 9.17) is 9.84 Å². The molecule has 0 fully saturated rings. The zero-order valence-electron chi connectivity index (χ0n) is 6.58. The summed E-state index contributed by atoms with van der Waals surface area (Å²) in [5.41, 5.74) is 0.911. The van der Waals surface area contributed by atoms with Crippen LogP contribution in [0.4, 0.5) is 0 Å². The van der Waals surface area contributed by atoms with E-state index in [0.717, 1.165) is 11.3 Å². The molecule has 0 atom stereocenters. The van der Waals surface area contributed by atoms with Gasteiger partial charge in [0.1, 0.15) is 5.75 Å². The molecule has 2 nitrogen and oxygen atoms in total. The first-order chi connectivity index (χ1) is 5.36. The van der Waals surface area contributed by atoms with E-state index in [1.165, 1.54) is 0 Å². The van der Waals surface area contributed by atoms with Crippen molar-refractivity contribution >= 4 is 0 Å². The minimum atomic E-state index is 0.0897. The van der Waals surface area contributed by atoms with Gasteiger partial charge in [-0.15, -0.1) is 0 Å². The molecule has 0 saturated carbocycles. The number of hydrogen-bond donors (Lipinski definition) is 1. The Balaban J connectivity index is 2.66. The summed E-state index contributed by atoms with van der Waals surface area (Å²) < 4.78 is 5.22. The van der Waals surface area contributed by atoms with Crippen LogP contribution >= 0.6 is 0 Å². The normalized spacial score (nSPS) is 9.64. The van der Waals surface area contributed by atoms with Crippen molar-refractivity contribution in [3.8, 4) is 5.75 Å². The van der Waals surface area contributed by atoms with Gasteiger partial charge in [-0.1, -0.05) is 12.1 Å². The molecule has 0 bridgehead atoms. The monoisotopic (exact) mass is 152 g/mol. The third kappa shape index (κ3) is 2.24. The van der Waals surface area contributed by atoms with Crippen molar-refractivity contribution in [2.75, 3.05) is 6.61 Å². The summed E-state index contributed by atoms with van der Waals surface area (Å²) in [5, 5.41) is 8.72. The molecule has 2 heteroatoms.